The van der Waals surface area contributed by atoms with Crippen LogP contribution in [-0.2, 0) is 6.54 Å². The first-order valence-corrected chi connectivity index (χ1v) is 4.42. The Morgan fingerprint density at radius 1 is 1.21 bits per heavy atom. The lowest BCUT2D eigenvalue weighted by Crippen LogP contribution is -1.99. The van der Waals surface area contributed by atoms with Gasteiger partial charge in [-0.25, -0.2) is 0 Å². The molecule has 0 aliphatic rings. The quantitative estimate of drug-likeness (QED) is 0.649. The number of hydrogen-bond acceptors (Lipinski definition) is 1. The van der Waals surface area contributed by atoms with Crippen LogP contribution in [0.1, 0.15) is 11.3 Å². The summed E-state index contributed by atoms with van der Waals surface area (Å²) in [6, 6.07) is 12.0. The zero-order chi connectivity index (χ0) is 9.80. The number of nitrogens with zero attached hydrogens (tertiary/aromatic N) is 2. The van der Waals surface area contributed by atoms with Crippen molar-refractivity contribution < 1.29 is 0 Å². The molecule has 0 saturated carbocycles. The smallest absolute Gasteiger partial charge is 0.134 e. The second-order valence-corrected chi connectivity index (χ2v) is 3.03. The minimum Gasteiger partial charge on any atom is -0.267 e. The minimum atomic E-state index is 0.681. The van der Waals surface area contributed by atoms with Gasteiger partial charge < -0.3 is 0 Å². The van der Waals surface area contributed by atoms with E-state index in [4.69, 9.17) is 6.42 Å². The molecular weight excluding hydrogens is 172 g/mol. The summed E-state index contributed by atoms with van der Waals surface area (Å²) in [4.78, 5) is 0. The van der Waals surface area contributed by atoms with Crippen molar-refractivity contribution in [2.75, 3.05) is 0 Å². The molecule has 2 heteroatoms. The molecule has 14 heavy (non-hydrogen) atoms. The van der Waals surface area contributed by atoms with Gasteiger partial charge in [0.05, 0.1) is 6.54 Å². The predicted octanol–water partition coefficient (Wildman–Crippen LogP) is 1.91. The van der Waals surface area contributed by atoms with Crippen LogP contribution in [0.5, 0.6) is 0 Å². The summed E-state index contributed by atoms with van der Waals surface area (Å²) in [5, 5.41) is 4.20. The van der Waals surface area contributed by atoms with Gasteiger partial charge in [-0.1, -0.05) is 30.3 Å². The normalized spacial score (nSPS) is 9.64. The Hall–Kier alpha value is -2.01. The Kier molecular flexibility index (Phi) is 2.33. The number of terminal acetylenes is 1. The standard InChI is InChI=1S/C12H10N2/c1-2-12-8-9-14(13-12)10-11-6-4-3-5-7-11/h1,3-9H,10H2. The van der Waals surface area contributed by atoms with Gasteiger partial charge in [-0.2, -0.15) is 5.10 Å². The molecule has 68 valence electrons. The van der Waals surface area contributed by atoms with Gasteiger partial charge in [0.1, 0.15) is 5.69 Å². The van der Waals surface area contributed by atoms with Crippen molar-refractivity contribution in [2.45, 2.75) is 6.54 Å². The van der Waals surface area contributed by atoms with Crippen LogP contribution in [0.15, 0.2) is 42.6 Å². The van der Waals surface area contributed by atoms with Crippen molar-refractivity contribution in [3.63, 3.8) is 0 Å². The van der Waals surface area contributed by atoms with E-state index in [2.05, 4.69) is 23.2 Å². The Bertz CT molecular complexity index is 449. The Morgan fingerprint density at radius 2 is 2.00 bits per heavy atom. The van der Waals surface area contributed by atoms with Gasteiger partial charge in [0.15, 0.2) is 0 Å². The Balaban J connectivity index is 2.16. The molecule has 0 N–H and O–H groups in total. The number of benzene rings is 1. The van der Waals surface area contributed by atoms with Crippen LogP contribution in [0.3, 0.4) is 0 Å². The maximum Gasteiger partial charge on any atom is 0.134 e. The molecule has 2 aromatic rings. The maximum atomic E-state index is 5.23. The number of aromatic nitrogens is 2. The van der Waals surface area contributed by atoms with Gasteiger partial charge in [-0.05, 0) is 17.6 Å². The van der Waals surface area contributed by atoms with E-state index in [1.807, 2.05) is 35.1 Å². The van der Waals surface area contributed by atoms with Crippen LogP contribution in [0.25, 0.3) is 0 Å². The topological polar surface area (TPSA) is 17.8 Å². The molecule has 0 unspecified atom stereocenters. The van der Waals surface area contributed by atoms with Crippen molar-refractivity contribution in [3.8, 4) is 12.3 Å². The van der Waals surface area contributed by atoms with Crippen LogP contribution in [0, 0.1) is 12.3 Å². The summed E-state index contributed by atoms with van der Waals surface area (Å²) in [6.45, 7) is 0.766. The van der Waals surface area contributed by atoms with Crippen LogP contribution in [-0.4, -0.2) is 9.78 Å². The van der Waals surface area contributed by atoms with E-state index >= 15 is 0 Å². The third kappa shape index (κ3) is 1.83. The van der Waals surface area contributed by atoms with E-state index in [9.17, 15) is 0 Å². The number of hydrogen-bond donors (Lipinski definition) is 0. The fraction of sp³-hybridized carbons (Fsp3) is 0.0833. The van der Waals surface area contributed by atoms with Crippen molar-refractivity contribution >= 4 is 0 Å². The molecule has 0 aliphatic carbocycles. The third-order valence-corrected chi connectivity index (χ3v) is 1.98. The van der Waals surface area contributed by atoms with E-state index in [1.165, 1.54) is 5.56 Å². The van der Waals surface area contributed by atoms with E-state index in [-0.39, 0.29) is 0 Å². The lowest BCUT2D eigenvalue weighted by molar-refractivity contribution is 0.684. The summed E-state index contributed by atoms with van der Waals surface area (Å²) in [5.74, 6) is 2.50. The Labute approximate surface area is 83.2 Å². The van der Waals surface area contributed by atoms with Gasteiger partial charge in [-0.3, -0.25) is 4.68 Å². The van der Waals surface area contributed by atoms with Crippen LogP contribution in [0.4, 0.5) is 0 Å². The molecule has 2 nitrogen and oxygen atoms in total. The average Bonchev–Trinajstić information content (AvgIpc) is 2.67. The first-order valence-electron chi connectivity index (χ1n) is 4.42. The average molecular weight is 182 g/mol. The molecule has 0 fully saturated rings. The monoisotopic (exact) mass is 182 g/mol. The highest BCUT2D eigenvalue weighted by atomic mass is 15.3. The van der Waals surface area contributed by atoms with E-state index in [1.54, 1.807) is 0 Å². The fourth-order valence-electron chi connectivity index (χ4n) is 1.30. The SMILES string of the molecule is C#Cc1ccn(Cc2ccccc2)n1. The molecular formula is C12H10N2. The zero-order valence-electron chi connectivity index (χ0n) is 7.72. The molecule has 2 rings (SSSR count). The first kappa shape index (κ1) is 8.58. The van der Waals surface area contributed by atoms with Gasteiger partial charge in [0.2, 0.25) is 0 Å². The first-order chi connectivity index (χ1) is 6.88. The largest absolute Gasteiger partial charge is 0.267 e. The third-order valence-electron chi connectivity index (χ3n) is 1.98. The van der Waals surface area contributed by atoms with Gasteiger partial charge >= 0.3 is 0 Å². The Morgan fingerprint density at radius 3 is 2.64 bits per heavy atom. The molecule has 0 saturated heterocycles. The molecule has 0 amide bonds. The molecule has 1 heterocycles. The van der Waals surface area contributed by atoms with Gasteiger partial charge in [0, 0.05) is 6.20 Å². The molecule has 0 aliphatic heterocycles. The number of rotatable bonds is 2. The lowest BCUT2D eigenvalue weighted by atomic mass is 10.2. The van der Waals surface area contributed by atoms with Crippen LogP contribution < -0.4 is 0 Å². The van der Waals surface area contributed by atoms with Crippen LogP contribution in [0.2, 0.25) is 0 Å². The maximum absolute atomic E-state index is 5.23. The summed E-state index contributed by atoms with van der Waals surface area (Å²) in [5.41, 5.74) is 1.90. The zero-order valence-corrected chi connectivity index (χ0v) is 7.72. The molecule has 1 aromatic heterocycles. The molecule has 0 spiro atoms. The molecule has 0 radical (unpaired) electrons. The molecule has 1 aromatic carbocycles. The molecule has 0 bridgehead atoms. The van der Waals surface area contributed by atoms with Crippen molar-refractivity contribution in [3.05, 3.63) is 53.9 Å². The second-order valence-electron chi connectivity index (χ2n) is 3.03. The predicted molar refractivity (Wildman–Crippen MR) is 55.7 cm³/mol. The second kappa shape index (κ2) is 3.80. The summed E-state index contributed by atoms with van der Waals surface area (Å²) in [7, 11) is 0. The minimum absolute atomic E-state index is 0.681. The van der Waals surface area contributed by atoms with Crippen molar-refractivity contribution in [1.29, 1.82) is 0 Å². The highest BCUT2D eigenvalue weighted by Crippen LogP contribution is 2.02. The van der Waals surface area contributed by atoms with Crippen LogP contribution >= 0.6 is 0 Å². The van der Waals surface area contributed by atoms with Crippen molar-refractivity contribution in [2.24, 2.45) is 0 Å². The summed E-state index contributed by atoms with van der Waals surface area (Å²) in [6.07, 6.45) is 7.12. The lowest BCUT2D eigenvalue weighted by Gasteiger charge is -2.00. The fourth-order valence-corrected chi connectivity index (χ4v) is 1.30. The highest BCUT2D eigenvalue weighted by Gasteiger charge is 1.96. The summed E-state index contributed by atoms with van der Waals surface area (Å²) >= 11 is 0. The highest BCUT2D eigenvalue weighted by molar-refractivity contribution is 5.22. The van der Waals surface area contributed by atoms with E-state index in [0.29, 0.717) is 5.69 Å². The van der Waals surface area contributed by atoms with E-state index < -0.39 is 0 Å². The summed E-state index contributed by atoms with van der Waals surface area (Å²) < 4.78 is 1.84. The van der Waals surface area contributed by atoms with Crippen molar-refractivity contribution in [1.82, 2.24) is 9.78 Å². The van der Waals surface area contributed by atoms with E-state index in [0.717, 1.165) is 6.54 Å². The van der Waals surface area contributed by atoms with Gasteiger partial charge in [-0.15, -0.1) is 6.42 Å². The molecule has 0 atom stereocenters. The van der Waals surface area contributed by atoms with Gasteiger partial charge in [0.25, 0.3) is 0 Å².